The summed E-state index contributed by atoms with van der Waals surface area (Å²) in [4.78, 5) is 3.02. The van der Waals surface area contributed by atoms with Gasteiger partial charge in [0.25, 0.3) is 0 Å². The third-order valence-electron chi connectivity index (χ3n) is 2.67. The van der Waals surface area contributed by atoms with Crippen LogP contribution in [0.2, 0.25) is 0 Å². The van der Waals surface area contributed by atoms with E-state index in [1.54, 1.807) is 7.11 Å². The van der Waals surface area contributed by atoms with Crippen LogP contribution in [0.5, 0.6) is 5.75 Å². The van der Waals surface area contributed by atoms with Gasteiger partial charge in [0.2, 0.25) is 0 Å². The van der Waals surface area contributed by atoms with Crippen LogP contribution >= 0.6 is 27.3 Å². The van der Waals surface area contributed by atoms with Crippen molar-refractivity contribution in [2.45, 2.75) is 18.2 Å². The first kappa shape index (κ1) is 12.7. The standard InChI is InChI=1S/C14H15BrOS/c1-3-12-7-8-13(17-12)14(15)10-5-4-6-11(9-10)16-2/h4-9,14H,3H2,1-2H3. The fraction of sp³-hybridized carbons (Fsp3) is 0.286. The van der Waals surface area contributed by atoms with E-state index in [0.29, 0.717) is 0 Å². The summed E-state index contributed by atoms with van der Waals surface area (Å²) in [6, 6.07) is 12.6. The summed E-state index contributed by atoms with van der Waals surface area (Å²) in [5, 5.41) is 0. The molecule has 0 aliphatic rings. The first-order valence-corrected chi connectivity index (χ1v) is 7.34. The summed E-state index contributed by atoms with van der Waals surface area (Å²) >= 11 is 5.62. The quantitative estimate of drug-likeness (QED) is 0.737. The molecule has 1 heterocycles. The number of aryl methyl sites for hydroxylation is 1. The lowest BCUT2D eigenvalue weighted by atomic mass is 10.1. The highest BCUT2D eigenvalue weighted by molar-refractivity contribution is 9.09. The third kappa shape index (κ3) is 2.90. The Hall–Kier alpha value is -0.800. The summed E-state index contributed by atoms with van der Waals surface area (Å²) in [5.41, 5.74) is 1.23. The van der Waals surface area contributed by atoms with Gasteiger partial charge in [-0.3, -0.25) is 0 Å². The number of hydrogen-bond acceptors (Lipinski definition) is 2. The van der Waals surface area contributed by atoms with E-state index in [2.05, 4.69) is 47.1 Å². The number of benzene rings is 1. The van der Waals surface area contributed by atoms with E-state index >= 15 is 0 Å². The predicted molar refractivity (Wildman–Crippen MR) is 77.5 cm³/mol. The molecular weight excluding hydrogens is 296 g/mol. The van der Waals surface area contributed by atoms with E-state index in [4.69, 9.17) is 4.74 Å². The van der Waals surface area contributed by atoms with E-state index in [1.165, 1.54) is 15.3 Å². The predicted octanol–water partition coefficient (Wildman–Crippen LogP) is 4.80. The van der Waals surface area contributed by atoms with Crippen LogP contribution in [-0.2, 0) is 6.42 Å². The van der Waals surface area contributed by atoms with Crippen molar-refractivity contribution in [2.24, 2.45) is 0 Å². The Kier molecular flexibility index (Phi) is 4.24. The topological polar surface area (TPSA) is 9.23 Å². The van der Waals surface area contributed by atoms with Crippen molar-refractivity contribution in [3.8, 4) is 5.75 Å². The summed E-state index contributed by atoms with van der Waals surface area (Å²) in [6.45, 7) is 2.18. The zero-order chi connectivity index (χ0) is 12.3. The monoisotopic (exact) mass is 310 g/mol. The van der Waals surface area contributed by atoms with Crippen LogP contribution in [0.4, 0.5) is 0 Å². The molecule has 1 unspecified atom stereocenters. The SMILES string of the molecule is CCc1ccc(C(Br)c2cccc(OC)c2)s1. The smallest absolute Gasteiger partial charge is 0.119 e. The van der Waals surface area contributed by atoms with Gasteiger partial charge in [-0.15, -0.1) is 11.3 Å². The molecule has 0 N–H and O–H groups in total. The highest BCUT2D eigenvalue weighted by atomic mass is 79.9. The largest absolute Gasteiger partial charge is 0.497 e. The van der Waals surface area contributed by atoms with E-state index in [-0.39, 0.29) is 4.83 Å². The molecule has 2 aromatic rings. The minimum Gasteiger partial charge on any atom is -0.497 e. The molecule has 1 aromatic carbocycles. The lowest BCUT2D eigenvalue weighted by molar-refractivity contribution is 0.414. The van der Waals surface area contributed by atoms with Crippen LogP contribution in [-0.4, -0.2) is 7.11 Å². The van der Waals surface area contributed by atoms with Crippen LogP contribution in [0, 0.1) is 0 Å². The van der Waals surface area contributed by atoms with E-state index in [0.717, 1.165) is 12.2 Å². The van der Waals surface area contributed by atoms with E-state index in [9.17, 15) is 0 Å². The molecule has 0 amide bonds. The molecule has 0 bridgehead atoms. The maximum absolute atomic E-state index is 5.25. The molecule has 0 spiro atoms. The van der Waals surface area contributed by atoms with Crippen molar-refractivity contribution >= 4 is 27.3 Å². The molecule has 0 radical (unpaired) electrons. The Bertz CT molecular complexity index is 492. The van der Waals surface area contributed by atoms with Crippen molar-refractivity contribution in [1.82, 2.24) is 0 Å². The number of thiophene rings is 1. The zero-order valence-corrected chi connectivity index (χ0v) is 12.3. The van der Waals surface area contributed by atoms with Gasteiger partial charge in [0, 0.05) is 9.75 Å². The molecule has 1 aromatic heterocycles. The Balaban J connectivity index is 2.26. The number of halogens is 1. The van der Waals surface area contributed by atoms with E-state index < -0.39 is 0 Å². The first-order valence-electron chi connectivity index (χ1n) is 5.61. The first-order chi connectivity index (χ1) is 8.24. The lowest BCUT2D eigenvalue weighted by Crippen LogP contribution is -1.90. The molecule has 0 fully saturated rings. The fourth-order valence-electron chi connectivity index (χ4n) is 1.68. The molecule has 2 rings (SSSR count). The summed E-state index contributed by atoms with van der Waals surface area (Å²) in [7, 11) is 1.70. The maximum Gasteiger partial charge on any atom is 0.119 e. The zero-order valence-electron chi connectivity index (χ0n) is 9.94. The van der Waals surface area contributed by atoms with Gasteiger partial charge in [0.15, 0.2) is 0 Å². The average molecular weight is 311 g/mol. The van der Waals surface area contributed by atoms with Crippen molar-refractivity contribution in [2.75, 3.05) is 7.11 Å². The number of rotatable bonds is 4. The Morgan fingerprint density at radius 1 is 1.29 bits per heavy atom. The van der Waals surface area contributed by atoms with Crippen LogP contribution in [0.1, 0.15) is 27.1 Å². The second-order valence-corrected chi connectivity index (χ2v) is 5.91. The second kappa shape index (κ2) is 5.69. The van der Waals surface area contributed by atoms with Gasteiger partial charge in [0.1, 0.15) is 5.75 Å². The van der Waals surface area contributed by atoms with Gasteiger partial charge >= 0.3 is 0 Å². The van der Waals surface area contributed by atoms with Gasteiger partial charge in [-0.2, -0.15) is 0 Å². The van der Waals surface area contributed by atoms with Crippen molar-refractivity contribution < 1.29 is 4.74 Å². The lowest BCUT2D eigenvalue weighted by Gasteiger charge is -2.09. The number of ether oxygens (including phenoxy) is 1. The molecular formula is C14H15BrOS. The fourth-order valence-corrected chi connectivity index (χ4v) is 3.36. The molecule has 0 aliphatic carbocycles. The number of methoxy groups -OCH3 is 1. The maximum atomic E-state index is 5.25. The number of alkyl halides is 1. The van der Waals surface area contributed by atoms with Crippen molar-refractivity contribution in [3.63, 3.8) is 0 Å². The molecule has 0 aliphatic heterocycles. The second-order valence-electron chi connectivity index (χ2n) is 3.80. The molecule has 0 saturated heterocycles. The van der Waals surface area contributed by atoms with Gasteiger partial charge in [-0.25, -0.2) is 0 Å². The van der Waals surface area contributed by atoms with Crippen LogP contribution in [0.25, 0.3) is 0 Å². The van der Waals surface area contributed by atoms with Crippen molar-refractivity contribution in [1.29, 1.82) is 0 Å². The summed E-state index contributed by atoms with van der Waals surface area (Å²) in [6.07, 6.45) is 1.10. The van der Waals surface area contributed by atoms with Gasteiger partial charge in [-0.05, 0) is 36.2 Å². The Labute approximate surface area is 115 Å². The van der Waals surface area contributed by atoms with Gasteiger partial charge in [-0.1, -0.05) is 35.0 Å². The van der Waals surface area contributed by atoms with Crippen LogP contribution in [0.15, 0.2) is 36.4 Å². The molecule has 3 heteroatoms. The normalized spacial score (nSPS) is 12.4. The average Bonchev–Trinajstić information content (AvgIpc) is 2.86. The van der Waals surface area contributed by atoms with Crippen LogP contribution < -0.4 is 4.74 Å². The molecule has 17 heavy (non-hydrogen) atoms. The highest BCUT2D eigenvalue weighted by Crippen LogP contribution is 2.36. The summed E-state index contributed by atoms with van der Waals surface area (Å²) < 4.78 is 5.25. The van der Waals surface area contributed by atoms with Crippen LogP contribution in [0.3, 0.4) is 0 Å². The summed E-state index contributed by atoms with van der Waals surface area (Å²) in [5.74, 6) is 0.902. The van der Waals surface area contributed by atoms with Gasteiger partial charge in [0.05, 0.1) is 11.9 Å². The highest BCUT2D eigenvalue weighted by Gasteiger charge is 2.13. The number of hydrogen-bond donors (Lipinski definition) is 0. The Morgan fingerprint density at radius 2 is 2.12 bits per heavy atom. The molecule has 90 valence electrons. The van der Waals surface area contributed by atoms with E-state index in [1.807, 2.05) is 23.5 Å². The minimum atomic E-state index is 0.253. The van der Waals surface area contributed by atoms with Gasteiger partial charge < -0.3 is 4.74 Å². The molecule has 1 atom stereocenters. The van der Waals surface area contributed by atoms with Crippen molar-refractivity contribution in [3.05, 3.63) is 51.7 Å². The minimum absolute atomic E-state index is 0.253. The Morgan fingerprint density at radius 3 is 2.76 bits per heavy atom. The molecule has 1 nitrogen and oxygen atoms in total. The third-order valence-corrected chi connectivity index (χ3v) is 5.29. The molecule has 0 saturated carbocycles.